The van der Waals surface area contributed by atoms with Crippen molar-refractivity contribution in [1.82, 2.24) is 5.32 Å². The van der Waals surface area contributed by atoms with Crippen LogP contribution in [-0.2, 0) is 9.84 Å². The van der Waals surface area contributed by atoms with E-state index in [-0.39, 0.29) is 0 Å². The van der Waals surface area contributed by atoms with Crippen LogP contribution in [0.4, 0.5) is 0 Å². The van der Waals surface area contributed by atoms with Gasteiger partial charge in [-0.3, -0.25) is 0 Å². The van der Waals surface area contributed by atoms with E-state index in [1.165, 1.54) is 19.3 Å². The van der Waals surface area contributed by atoms with Crippen LogP contribution < -0.4 is 5.32 Å². The molecule has 124 valence electrons. The maximum absolute atomic E-state index is 11.9. The molecular formula is C17H33NO2S. The summed E-state index contributed by atoms with van der Waals surface area (Å²) in [6, 6.07) is 0.529. The molecule has 4 unspecified atom stereocenters. The highest BCUT2D eigenvalue weighted by Crippen LogP contribution is 2.44. The second kappa shape index (κ2) is 6.57. The molecule has 4 atom stereocenters. The van der Waals surface area contributed by atoms with Crippen molar-refractivity contribution in [3.8, 4) is 0 Å². The number of nitrogens with one attached hydrogen (secondary N) is 1. The first-order valence-corrected chi connectivity index (χ1v) is 10.5. The van der Waals surface area contributed by atoms with Crippen molar-refractivity contribution in [2.75, 3.05) is 18.1 Å². The second-order valence-corrected chi connectivity index (χ2v) is 10.5. The molecular weight excluding hydrogens is 282 g/mol. The van der Waals surface area contributed by atoms with Gasteiger partial charge >= 0.3 is 0 Å². The molecule has 1 saturated carbocycles. The zero-order chi connectivity index (χ0) is 15.7. The fourth-order valence-corrected chi connectivity index (χ4v) is 6.15. The Balaban J connectivity index is 2.09. The molecule has 1 saturated heterocycles. The Kier molecular flexibility index (Phi) is 5.40. The quantitative estimate of drug-likeness (QED) is 0.866. The lowest BCUT2D eigenvalue weighted by molar-refractivity contribution is 0.0878. The summed E-state index contributed by atoms with van der Waals surface area (Å²) in [5, 5.41) is 3.70. The summed E-state index contributed by atoms with van der Waals surface area (Å²) in [4.78, 5) is 0. The van der Waals surface area contributed by atoms with Crippen LogP contribution in [0.2, 0.25) is 0 Å². The molecule has 0 aromatic heterocycles. The molecule has 0 aromatic carbocycles. The Hall–Kier alpha value is -0.0900. The van der Waals surface area contributed by atoms with E-state index in [0.717, 1.165) is 25.3 Å². The topological polar surface area (TPSA) is 46.2 Å². The molecule has 2 rings (SSSR count). The molecule has 1 aliphatic heterocycles. The third kappa shape index (κ3) is 4.44. The van der Waals surface area contributed by atoms with Gasteiger partial charge in [-0.15, -0.1) is 0 Å². The lowest BCUT2D eigenvalue weighted by Gasteiger charge is -2.44. The normalized spacial score (nSPS) is 36.8. The molecule has 1 N–H and O–H groups in total. The molecule has 0 bridgehead atoms. The fraction of sp³-hybridized carbons (Fsp3) is 1.00. The van der Waals surface area contributed by atoms with Gasteiger partial charge in [0.1, 0.15) is 0 Å². The van der Waals surface area contributed by atoms with Crippen molar-refractivity contribution in [3.63, 3.8) is 0 Å². The number of hydrogen-bond donors (Lipinski definition) is 1. The van der Waals surface area contributed by atoms with Crippen LogP contribution in [0.15, 0.2) is 0 Å². The Morgan fingerprint density at radius 3 is 2.38 bits per heavy atom. The van der Waals surface area contributed by atoms with Gasteiger partial charge in [-0.1, -0.05) is 27.7 Å². The first-order valence-electron chi connectivity index (χ1n) is 8.66. The van der Waals surface area contributed by atoms with E-state index in [0.29, 0.717) is 34.8 Å². The van der Waals surface area contributed by atoms with Crippen molar-refractivity contribution in [2.24, 2.45) is 23.2 Å². The highest BCUT2D eigenvalue weighted by molar-refractivity contribution is 7.91. The molecule has 2 fully saturated rings. The smallest absolute Gasteiger partial charge is 0.150 e. The largest absolute Gasteiger partial charge is 0.314 e. The van der Waals surface area contributed by atoms with E-state index in [2.05, 4.69) is 33.0 Å². The summed E-state index contributed by atoms with van der Waals surface area (Å²) >= 11 is 0. The van der Waals surface area contributed by atoms with Crippen LogP contribution in [-0.4, -0.2) is 32.5 Å². The van der Waals surface area contributed by atoms with E-state index >= 15 is 0 Å². The number of sulfone groups is 1. The molecule has 1 aliphatic carbocycles. The van der Waals surface area contributed by atoms with E-state index in [1.807, 2.05) is 0 Å². The number of hydrogen-bond acceptors (Lipinski definition) is 3. The van der Waals surface area contributed by atoms with Gasteiger partial charge < -0.3 is 5.32 Å². The molecule has 1 heterocycles. The summed E-state index contributed by atoms with van der Waals surface area (Å²) in [6.45, 7) is 10.3. The third-order valence-corrected chi connectivity index (χ3v) is 7.45. The minimum absolute atomic E-state index is 0.339. The lowest BCUT2D eigenvalue weighted by Crippen LogP contribution is -2.46. The third-order valence-electron chi connectivity index (χ3n) is 5.65. The molecule has 0 radical (unpaired) electrons. The van der Waals surface area contributed by atoms with Crippen molar-refractivity contribution < 1.29 is 8.42 Å². The van der Waals surface area contributed by atoms with Gasteiger partial charge in [-0.25, -0.2) is 8.42 Å². The summed E-state index contributed by atoms with van der Waals surface area (Å²) in [5.41, 5.74) is 0.339. The van der Waals surface area contributed by atoms with Crippen LogP contribution in [0.25, 0.3) is 0 Å². The van der Waals surface area contributed by atoms with Crippen LogP contribution in [0, 0.1) is 23.2 Å². The van der Waals surface area contributed by atoms with Crippen LogP contribution in [0.3, 0.4) is 0 Å². The summed E-state index contributed by atoms with van der Waals surface area (Å²) in [5.74, 6) is 2.50. The maximum Gasteiger partial charge on any atom is 0.150 e. The lowest BCUT2D eigenvalue weighted by atomic mass is 9.64. The SMILES string of the molecule is CCCNC1CCC(C(C)(C)C)CC1C1CCS(=O)(=O)C1. The summed E-state index contributed by atoms with van der Waals surface area (Å²) in [7, 11) is -2.77. The number of rotatable bonds is 4. The van der Waals surface area contributed by atoms with Crippen molar-refractivity contribution in [3.05, 3.63) is 0 Å². The molecule has 0 amide bonds. The van der Waals surface area contributed by atoms with Crippen molar-refractivity contribution in [2.45, 2.75) is 65.8 Å². The predicted molar refractivity (Wildman–Crippen MR) is 89.1 cm³/mol. The maximum atomic E-state index is 11.9. The molecule has 2 aliphatic rings. The summed E-state index contributed by atoms with van der Waals surface area (Å²) in [6.07, 6.45) is 5.72. The average Bonchev–Trinajstić information content (AvgIpc) is 2.75. The Labute approximate surface area is 131 Å². The van der Waals surface area contributed by atoms with Crippen molar-refractivity contribution in [1.29, 1.82) is 0 Å². The van der Waals surface area contributed by atoms with Crippen molar-refractivity contribution >= 4 is 9.84 Å². The summed E-state index contributed by atoms with van der Waals surface area (Å²) < 4.78 is 23.7. The monoisotopic (exact) mass is 315 g/mol. The zero-order valence-corrected chi connectivity index (χ0v) is 15.0. The van der Waals surface area contributed by atoms with Gasteiger partial charge in [0.2, 0.25) is 0 Å². The van der Waals surface area contributed by atoms with Gasteiger partial charge in [-0.05, 0) is 61.8 Å². The zero-order valence-electron chi connectivity index (χ0n) is 14.2. The highest BCUT2D eigenvalue weighted by Gasteiger charge is 2.42. The van der Waals surface area contributed by atoms with E-state index in [9.17, 15) is 8.42 Å². The predicted octanol–water partition coefficient (Wildman–Crippen LogP) is 3.25. The van der Waals surface area contributed by atoms with E-state index < -0.39 is 9.84 Å². The minimum atomic E-state index is -2.77. The van der Waals surface area contributed by atoms with Crippen LogP contribution in [0.5, 0.6) is 0 Å². The van der Waals surface area contributed by atoms with E-state index in [1.54, 1.807) is 0 Å². The van der Waals surface area contributed by atoms with Gasteiger partial charge in [0.15, 0.2) is 9.84 Å². The average molecular weight is 316 g/mol. The minimum Gasteiger partial charge on any atom is -0.314 e. The first kappa shape index (κ1) is 17.3. The standard InChI is InChI=1S/C17H33NO2S/c1-5-9-18-16-7-6-14(17(2,3)4)11-15(16)13-8-10-21(19,20)12-13/h13-16,18H,5-12H2,1-4H3. The second-order valence-electron chi connectivity index (χ2n) is 8.26. The Morgan fingerprint density at radius 1 is 1.14 bits per heavy atom. The fourth-order valence-electron chi connectivity index (χ4n) is 4.26. The first-order chi connectivity index (χ1) is 9.73. The van der Waals surface area contributed by atoms with Gasteiger partial charge in [0, 0.05) is 6.04 Å². The van der Waals surface area contributed by atoms with Gasteiger partial charge in [-0.2, -0.15) is 0 Å². The van der Waals surface area contributed by atoms with Gasteiger partial charge in [0.05, 0.1) is 11.5 Å². The molecule has 3 nitrogen and oxygen atoms in total. The molecule has 4 heteroatoms. The van der Waals surface area contributed by atoms with E-state index in [4.69, 9.17) is 0 Å². The molecule has 0 aromatic rings. The Morgan fingerprint density at radius 2 is 1.86 bits per heavy atom. The Bertz CT molecular complexity index is 438. The van der Waals surface area contributed by atoms with Crippen LogP contribution in [0.1, 0.15) is 59.8 Å². The van der Waals surface area contributed by atoms with Crippen LogP contribution >= 0.6 is 0 Å². The van der Waals surface area contributed by atoms with Gasteiger partial charge in [0.25, 0.3) is 0 Å². The molecule has 0 spiro atoms. The highest BCUT2D eigenvalue weighted by atomic mass is 32.2. The molecule has 21 heavy (non-hydrogen) atoms.